The topological polar surface area (TPSA) is 102 Å². The number of carbonyl (C=O) groups excluding carboxylic acids is 2. The Morgan fingerprint density at radius 3 is 1.42 bits per heavy atom. The average molecular weight is 561 g/mol. The van der Waals surface area contributed by atoms with Crippen molar-refractivity contribution in [1.29, 1.82) is 0 Å². The maximum Gasteiger partial charge on any atom is 0.354 e. The zero-order valence-electron chi connectivity index (χ0n) is 20.4. The lowest BCUT2D eigenvalue weighted by molar-refractivity contribution is -0.138. The highest BCUT2D eigenvalue weighted by atomic mass is 35.5. The molecule has 0 radical (unpaired) electrons. The van der Waals surface area contributed by atoms with Crippen LogP contribution in [0.4, 0.5) is 11.4 Å². The third kappa shape index (κ3) is 6.27. The smallest absolute Gasteiger partial charge is 0.354 e. The van der Waals surface area contributed by atoms with Gasteiger partial charge < -0.3 is 18.9 Å². The molecule has 10 nitrogen and oxygen atoms in total. The number of benzene rings is 2. The molecule has 0 aromatic heterocycles. The Morgan fingerprint density at radius 2 is 1.03 bits per heavy atom. The molecule has 4 bridgehead atoms. The highest BCUT2D eigenvalue weighted by molar-refractivity contribution is 6.38. The number of cyclic esters (lactones) is 2. The Bertz CT molecular complexity index is 1130. The summed E-state index contributed by atoms with van der Waals surface area (Å²) in [6.45, 7) is 0.995. The van der Waals surface area contributed by atoms with Crippen LogP contribution >= 0.6 is 23.2 Å². The molecule has 0 N–H and O–H groups in total. The molecule has 12 heteroatoms. The van der Waals surface area contributed by atoms with Gasteiger partial charge in [-0.25, -0.2) is 9.59 Å². The first kappa shape index (κ1) is 26.4. The van der Waals surface area contributed by atoms with Crippen molar-refractivity contribution in [3.05, 3.63) is 58.6 Å². The van der Waals surface area contributed by atoms with Crippen molar-refractivity contribution in [2.45, 2.75) is 24.9 Å². The van der Waals surface area contributed by atoms with Gasteiger partial charge in [-0.1, -0.05) is 23.2 Å². The SMILES string of the molecule is O=C1OCCOCC2CC(=NN2c2ccc(Cl)cc2)C(=O)OCCOCC2CC1=NN2c1ccc(Cl)cc1. The van der Waals surface area contributed by atoms with Gasteiger partial charge in [0.2, 0.25) is 0 Å². The fraction of sp³-hybridized carbons (Fsp3) is 0.385. The Balaban J connectivity index is 1.28. The van der Waals surface area contributed by atoms with Crippen LogP contribution < -0.4 is 10.0 Å². The predicted molar refractivity (Wildman–Crippen MR) is 143 cm³/mol. The molecule has 2 aromatic rings. The first-order valence-electron chi connectivity index (χ1n) is 12.2. The molecule has 0 spiro atoms. The van der Waals surface area contributed by atoms with E-state index in [0.29, 0.717) is 34.3 Å². The van der Waals surface area contributed by atoms with E-state index in [1.165, 1.54) is 0 Å². The number of esters is 2. The molecule has 200 valence electrons. The van der Waals surface area contributed by atoms with E-state index in [4.69, 9.17) is 42.1 Å². The zero-order valence-corrected chi connectivity index (χ0v) is 21.9. The summed E-state index contributed by atoms with van der Waals surface area (Å²) in [4.78, 5) is 25.5. The van der Waals surface area contributed by atoms with Crippen LogP contribution in [-0.2, 0) is 28.5 Å². The van der Waals surface area contributed by atoms with Crippen LogP contribution in [0.15, 0.2) is 58.7 Å². The lowest BCUT2D eigenvalue weighted by Crippen LogP contribution is -2.33. The van der Waals surface area contributed by atoms with E-state index in [-0.39, 0.29) is 51.7 Å². The number of rotatable bonds is 2. The number of hydrogen-bond acceptors (Lipinski definition) is 10. The summed E-state index contributed by atoms with van der Waals surface area (Å²) >= 11 is 12.0. The highest BCUT2D eigenvalue weighted by Crippen LogP contribution is 2.28. The van der Waals surface area contributed by atoms with Crippen molar-refractivity contribution in [3.8, 4) is 0 Å². The van der Waals surface area contributed by atoms with Crippen molar-refractivity contribution in [2.24, 2.45) is 10.2 Å². The Kier molecular flexibility index (Phi) is 8.43. The number of nitrogens with zero attached hydrogens (tertiary/aromatic N) is 4. The second kappa shape index (κ2) is 12.1. The van der Waals surface area contributed by atoms with Gasteiger partial charge >= 0.3 is 11.9 Å². The van der Waals surface area contributed by atoms with Crippen LogP contribution in [0.3, 0.4) is 0 Å². The molecular weight excluding hydrogens is 535 g/mol. The molecule has 2 aromatic carbocycles. The van der Waals surface area contributed by atoms with Gasteiger partial charge in [0.05, 0.1) is 49.9 Å². The molecule has 1 fully saturated rings. The van der Waals surface area contributed by atoms with Crippen molar-refractivity contribution in [1.82, 2.24) is 0 Å². The number of carbonyl (C=O) groups is 2. The second-order valence-electron chi connectivity index (χ2n) is 8.87. The first-order chi connectivity index (χ1) is 18.5. The van der Waals surface area contributed by atoms with Crippen LogP contribution in [0, 0.1) is 0 Å². The number of halogens is 2. The number of ether oxygens (including phenoxy) is 4. The zero-order chi connectivity index (χ0) is 26.5. The quantitative estimate of drug-likeness (QED) is 0.512. The van der Waals surface area contributed by atoms with E-state index in [9.17, 15) is 9.59 Å². The van der Waals surface area contributed by atoms with Gasteiger partial charge in [0, 0.05) is 22.9 Å². The van der Waals surface area contributed by atoms with Gasteiger partial charge in [-0.3, -0.25) is 10.0 Å². The maximum absolute atomic E-state index is 12.7. The summed E-state index contributed by atoms with van der Waals surface area (Å²) in [6, 6.07) is 13.8. The molecule has 0 aliphatic carbocycles. The second-order valence-corrected chi connectivity index (χ2v) is 9.75. The minimum atomic E-state index is -0.501. The van der Waals surface area contributed by atoms with E-state index >= 15 is 0 Å². The number of hydrogen-bond donors (Lipinski definition) is 0. The number of anilines is 2. The molecule has 3 heterocycles. The highest BCUT2D eigenvalue weighted by Gasteiger charge is 2.34. The third-order valence-corrected chi connectivity index (χ3v) is 6.71. The molecule has 1 saturated heterocycles. The minimum absolute atomic E-state index is 0.0589. The van der Waals surface area contributed by atoms with Crippen LogP contribution in [0.2, 0.25) is 10.0 Å². The maximum atomic E-state index is 12.7. The molecule has 2 atom stereocenters. The Morgan fingerprint density at radius 1 is 0.632 bits per heavy atom. The van der Waals surface area contributed by atoms with Crippen LogP contribution in [0.1, 0.15) is 12.8 Å². The molecule has 5 rings (SSSR count). The molecule has 2 unspecified atom stereocenters. The largest absolute Gasteiger partial charge is 0.459 e. The Labute approximate surface area is 229 Å². The first-order valence-corrected chi connectivity index (χ1v) is 13.0. The van der Waals surface area contributed by atoms with Gasteiger partial charge in [-0.2, -0.15) is 10.2 Å². The van der Waals surface area contributed by atoms with Gasteiger partial charge in [0.1, 0.15) is 24.6 Å². The van der Waals surface area contributed by atoms with Gasteiger partial charge in [0.15, 0.2) is 0 Å². The lowest BCUT2D eigenvalue weighted by atomic mass is 10.1. The van der Waals surface area contributed by atoms with Crippen LogP contribution in [0.5, 0.6) is 0 Å². The molecule has 0 saturated carbocycles. The number of hydrazone groups is 2. The van der Waals surface area contributed by atoms with Crippen molar-refractivity contribution in [2.75, 3.05) is 49.7 Å². The van der Waals surface area contributed by atoms with E-state index in [1.807, 2.05) is 24.3 Å². The summed E-state index contributed by atoms with van der Waals surface area (Å²) in [5, 5.41) is 13.6. The van der Waals surface area contributed by atoms with Crippen molar-refractivity contribution in [3.63, 3.8) is 0 Å². The van der Waals surface area contributed by atoms with Crippen molar-refractivity contribution >= 4 is 57.9 Å². The average Bonchev–Trinajstić information content (AvgIpc) is 3.54. The lowest BCUT2D eigenvalue weighted by Gasteiger charge is -2.23. The molecular formula is C26H26Cl2N4O6. The summed E-state index contributed by atoms with van der Waals surface area (Å²) in [5.74, 6) is -1.00. The van der Waals surface area contributed by atoms with E-state index in [0.717, 1.165) is 11.4 Å². The van der Waals surface area contributed by atoms with Crippen molar-refractivity contribution < 1.29 is 28.5 Å². The Hall–Kier alpha value is -3.18. The van der Waals surface area contributed by atoms with Crippen LogP contribution in [-0.4, -0.2) is 75.1 Å². The minimum Gasteiger partial charge on any atom is -0.459 e. The molecule has 0 amide bonds. The van der Waals surface area contributed by atoms with E-state index in [2.05, 4.69) is 10.2 Å². The molecule has 3 aliphatic heterocycles. The standard InChI is InChI=1S/C26H26Cl2N4O6/c27-17-1-5-19(6-2-17)31-21-13-23(29-31)25(33)37-12-10-36-16-22-14-24(26(34)38-11-9-35-15-21)30-32(22)20-7-3-18(28)4-8-20/h1-8,21-22H,9-16H2. The monoisotopic (exact) mass is 560 g/mol. The van der Waals surface area contributed by atoms with Gasteiger partial charge in [-0.15, -0.1) is 0 Å². The number of fused-ring (bicyclic) bond motifs is 4. The normalized spacial score (nSPS) is 23.2. The predicted octanol–water partition coefficient (Wildman–Crippen LogP) is 3.70. The summed E-state index contributed by atoms with van der Waals surface area (Å²) in [6.07, 6.45) is 0.689. The fourth-order valence-electron chi connectivity index (χ4n) is 4.35. The van der Waals surface area contributed by atoms with Crippen LogP contribution in [0.25, 0.3) is 0 Å². The van der Waals surface area contributed by atoms with E-state index < -0.39 is 11.9 Å². The third-order valence-electron chi connectivity index (χ3n) is 6.20. The molecule has 38 heavy (non-hydrogen) atoms. The summed E-state index contributed by atoms with van der Waals surface area (Å²) < 4.78 is 22.4. The summed E-state index contributed by atoms with van der Waals surface area (Å²) in [7, 11) is 0. The van der Waals surface area contributed by atoms with Gasteiger partial charge in [-0.05, 0) is 48.5 Å². The fourth-order valence-corrected chi connectivity index (χ4v) is 4.60. The van der Waals surface area contributed by atoms with E-state index in [1.54, 1.807) is 34.3 Å². The van der Waals surface area contributed by atoms with Gasteiger partial charge in [0.25, 0.3) is 0 Å². The molecule has 3 aliphatic rings. The summed E-state index contributed by atoms with van der Waals surface area (Å²) in [5.41, 5.74) is 2.13.